The highest BCUT2D eigenvalue weighted by Crippen LogP contribution is 2.27. The summed E-state index contributed by atoms with van der Waals surface area (Å²) in [6.45, 7) is 6.10. The highest BCUT2D eigenvalue weighted by Gasteiger charge is 2.23. The lowest BCUT2D eigenvalue weighted by Crippen LogP contribution is -2.32. The molecule has 10 heteroatoms. The number of carbonyl (C=O) groups excluding carboxylic acids is 1. The molecule has 3 heterocycles. The number of allylic oxidation sites excluding steroid dienone is 2. The lowest BCUT2D eigenvalue weighted by atomic mass is 10.1. The Morgan fingerprint density at radius 3 is 3.00 bits per heavy atom. The molecule has 1 aliphatic rings. The SMILES string of the molecule is C/C(Cl)=C(\C=N/N(C=O)PI)N1CCc2c(ncn2Cc2cccnc2C)C1. The van der Waals surface area contributed by atoms with Crippen molar-refractivity contribution in [1.82, 2.24) is 24.2 Å². The normalized spacial score (nSPS) is 15.2. The van der Waals surface area contributed by atoms with E-state index in [0.717, 1.165) is 36.6 Å². The second kappa shape index (κ2) is 9.80. The highest BCUT2D eigenvalue weighted by molar-refractivity contribution is 14.2. The highest BCUT2D eigenvalue weighted by atomic mass is 127. The topological polar surface area (TPSA) is 66.6 Å². The van der Waals surface area contributed by atoms with E-state index < -0.39 is 0 Å². The average molecular weight is 531 g/mol. The molecule has 2 aromatic rings. The minimum Gasteiger partial charge on any atom is -0.363 e. The molecule has 2 aromatic heterocycles. The molecule has 0 saturated carbocycles. The molecule has 1 atom stereocenters. The molecule has 0 aliphatic carbocycles. The van der Waals surface area contributed by atoms with Crippen LogP contribution in [-0.2, 0) is 24.3 Å². The molecule has 1 amide bonds. The van der Waals surface area contributed by atoms with Crippen LogP contribution in [0.5, 0.6) is 0 Å². The number of imidazole rings is 1. The van der Waals surface area contributed by atoms with Crippen LogP contribution >= 0.6 is 40.0 Å². The zero-order chi connectivity index (χ0) is 20.1. The first-order valence-electron chi connectivity index (χ1n) is 8.73. The lowest BCUT2D eigenvalue weighted by molar-refractivity contribution is -0.113. The first-order valence-corrected chi connectivity index (χ1v) is 13.2. The maximum Gasteiger partial charge on any atom is 0.233 e. The molecule has 0 fully saturated rings. The number of fused-ring (bicyclic) bond motifs is 1. The maximum atomic E-state index is 11.0. The molecule has 1 unspecified atom stereocenters. The van der Waals surface area contributed by atoms with Gasteiger partial charge in [0.25, 0.3) is 0 Å². The van der Waals surface area contributed by atoms with E-state index in [0.29, 0.717) is 18.0 Å². The van der Waals surface area contributed by atoms with Crippen LogP contribution in [0.2, 0.25) is 0 Å². The van der Waals surface area contributed by atoms with Gasteiger partial charge in [0.15, 0.2) is 0 Å². The number of hydrogen-bond acceptors (Lipinski definition) is 5. The second-order valence-corrected chi connectivity index (χ2v) is 9.02. The zero-order valence-corrected chi connectivity index (χ0v) is 19.6. The van der Waals surface area contributed by atoms with Gasteiger partial charge in [0.1, 0.15) is 0 Å². The summed E-state index contributed by atoms with van der Waals surface area (Å²) in [7, 11) is 0. The monoisotopic (exact) mass is 530 g/mol. The summed E-state index contributed by atoms with van der Waals surface area (Å²) >= 11 is 8.42. The van der Waals surface area contributed by atoms with E-state index in [1.54, 1.807) is 6.21 Å². The van der Waals surface area contributed by atoms with E-state index in [4.69, 9.17) is 11.6 Å². The largest absolute Gasteiger partial charge is 0.363 e. The molecule has 0 N–H and O–H groups in total. The molecule has 0 aromatic carbocycles. The fourth-order valence-electron chi connectivity index (χ4n) is 3.15. The van der Waals surface area contributed by atoms with Crippen LogP contribution in [0.3, 0.4) is 0 Å². The molecule has 0 bridgehead atoms. The fraction of sp³-hybridized carbons (Fsp3) is 0.333. The summed E-state index contributed by atoms with van der Waals surface area (Å²) < 4.78 is 3.55. The first-order chi connectivity index (χ1) is 13.5. The summed E-state index contributed by atoms with van der Waals surface area (Å²) in [4.78, 5) is 22.1. The van der Waals surface area contributed by atoms with Gasteiger partial charge < -0.3 is 9.47 Å². The van der Waals surface area contributed by atoms with Crippen molar-refractivity contribution in [1.29, 1.82) is 0 Å². The Morgan fingerprint density at radius 1 is 1.50 bits per heavy atom. The molecule has 7 nitrogen and oxygen atoms in total. The summed E-state index contributed by atoms with van der Waals surface area (Å²) in [5.41, 5.74) is 5.33. The minimum atomic E-state index is 0.242. The molecule has 28 heavy (non-hydrogen) atoms. The van der Waals surface area contributed by atoms with Gasteiger partial charge in [-0.2, -0.15) is 5.10 Å². The van der Waals surface area contributed by atoms with Crippen molar-refractivity contribution in [3.05, 3.63) is 58.0 Å². The van der Waals surface area contributed by atoms with E-state index in [2.05, 4.69) is 52.6 Å². The zero-order valence-electron chi connectivity index (χ0n) is 15.6. The van der Waals surface area contributed by atoms with E-state index in [1.165, 1.54) is 16.0 Å². The predicted molar refractivity (Wildman–Crippen MR) is 122 cm³/mol. The quantitative estimate of drug-likeness (QED) is 0.179. The second-order valence-electron chi connectivity index (χ2n) is 6.38. The van der Waals surface area contributed by atoms with Gasteiger partial charge in [-0.05, 0) is 47.5 Å². The summed E-state index contributed by atoms with van der Waals surface area (Å²) in [6, 6.07) is 4.07. The third-order valence-corrected chi connectivity index (χ3v) is 6.70. The lowest BCUT2D eigenvalue weighted by Gasteiger charge is -2.30. The van der Waals surface area contributed by atoms with E-state index in [-0.39, 0.29) is 6.37 Å². The number of aryl methyl sites for hydroxylation is 1. The van der Waals surface area contributed by atoms with Crippen molar-refractivity contribution in [3.8, 4) is 0 Å². The maximum absolute atomic E-state index is 11.0. The number of amides is 1. The molecular weight excluding hydrogens is 510 g/mol. The number of hydrogen-bond donors (Lipinski definition) is 0. The number of nitrogens with zero attached hydrogens (tertiary/aromatic N) is 6. The van der Waals surface area contributed by atoms with Gasteiger partial charge in [0.2, 0.25) is 6.41 Å². The Labute approximate surface area is 184 Å². The number of halogens is 2. The van der Waals surface area contributed by atoms with Crippen molar-refractivity contribution < 1.29 is 4.79 Å². The molecule has 0 spiro atoms. The third kappa shape index (κ3) is 4.90. The smallest absolute Gasteiger partial charge is 0.233 e. The Balaban J connectivity index is 1.78. The molecule has 1 aliphatic heterocycles. The Hall–Kier alpha value is -1.51. The summed E-state index contributed by atoms with van der Waals surface area (Å²) in [5.74, 6) is 0. The van der Waals surface area contributed by atoms with Crippen molar-refractivity contribution >= 4 is 52.6 Å². The van der Waals surface area contributed by atoms with Gasteiger partial charge in [-0.25, -0.2) is 9.76 Å². The average Bonchev–Trinajstić information content (AvgIpc) is 3.09. The van der Waals surface area contributed by atoms with Crippen LogP contribution in [0.25, 0.3) is 0 Å². The van der Waals surface area contributed by atoms with Crippen LogP contribution in [0, 0.1) is 6.92 Å². The van der Waals surface area contributed by atoms with Crippen LogP contribution in [0.15, 0.2) is 40.5 Å². The van der Waals surface area contributed by atoms with Gasteiger partial charge in [-0.15, -0.1) is 0 Å². The van der Waals surface area contributed by atoms with Gasteiger partial charge >= 0.3 is 0 Å². The van der Waals surface area contributed by atoms with E-state index in [1.807, 2.05) is 32.4 Å². The number of carbonyl (C=O) groups is 1. The first kappa shape index (κ1) is 21.2. The van der Waals surface area contributed by atoms with E-state index >= 15 is 0 Å². The number of hydrazone groups is 1. The van der Waals surface area contributed by atoms with Crippen LogP contribution in [0.4, 0.5) is 0 Å². The minimum absolute atomic E-state index is 0.242. The van der Waals surface area contributed by atoms with Gasteiger partial charge in [-0.3, -0.25) is 9.78 Å². The Bertz CT molecular complexity index is 911. The Morgan fingerprint density at radius 2 is 2.32 bits per heavy atom. The van der Waals surface area contributed by atoms with Crippen LogP contribution in [0.1, 0.15) is 29.6 Å². The van der Waals surface area contributed by atoms with Crippen LogP contribution in [-0.4, -0.2) is 43.4 Å². The molecule has 3 rings (SSSR count). The number of pyridine rings is 1. The molecule has 0 radical (unpaired) electrons. The molecule has 0 saturated heterocycles. The fourth-order valence-corrected chi connectivity index (χ4v) is 4.18. The predicted octanol–water partition coefficient (Wildman–Crippen LogP) is 3.85. The third-order valence-electron chi connectivity index (χ3n) is 4.63. The number of aromatic nitrogens is 3. The van der Waals surface area contributed by atoms with Crippen molar-refractivity contribution in [3.63, 3.8) is 0 Å². The summed E-state index contributed by atoms with van der Waals surface area (Å²) in [5, 5.41) is 4.85. The van der Waals surface area contributed by atoms with Crippen LogP contribution < -0.4 is 0 Å². The van der Waals surface area contributed by atoms with Gasteiger partial charge in [-0.1, -0.05) is 17.7 Å². The van der Waals surface area contributed by atoms with Gasteiger partial charge in [0.05, 0.1) is 43.4 Å². The van der Waals surface area contributed by atoms with Crippen molar-refractivity contribution in [2.24, 2.45) is 5.10 Å². The molecular formula is C18H21ClIN6OP. The number of rotatable bonds is 7. The van der Waals surface area contributed by atoms with E-state index in [9.17, 15) is 4.79 Å². The van der Waals surface area contributed by atoms with Gasteiger partial charge in [0, 0.05) is 35.6 Å². The molecule has 148 valence electrons. The van der Waals surface area contributed by atoms with Crippen molar-refractivity contribution in [2.75, 3.05) is 6.54 Å². The summed E-state index contributed by atoms with van der Waals surface area (Å²) in [6.07, 6.45) is 7.18. The standard InChI is InChI=1S/C18H21ClIN6OP/c1-13(19)18(8-23-26(12-27)28-20)24-7-5-17-16(10-24)22-11-25(17)9-15-4-3-6-21-14(15)2/h3-4,6,8,11-12,28H,5,7,9-10H2,1-2H3/b18-13-,23-8-. The Kier molecular flexibility index (Phi) is 7.42. The van der Waals surface area contributed by atoms with Crippen molar-refractivity contribution in [2.45, 2.75) is 33.4 Å².